The smallest absolute Gasteiger partial charge is 0.159 e. The van der Waals surface area contributed by atoms with Gasteiger partial charge in [0.25, 0.3) is 0 Å². The molecule has 0 radical (unpaired) electrons. The second kappa shape index (κ2) is 8.94. The molecule has 198 valence electrons. The Balaban J connectivity index is 1.34. The van der Waals surface area contributed by atoms with Crippen molar-refractivity contribution in [3.8, 4) is 0 Å². The monoisotopic (exact) mass is 555 g/mol. The third-order valence-electron chi connectivity index (χ3n) is 8.48. The maximum atomic E-state index is 6.51. The average Bonchev–Trinajstić information content (AvgIpc) is 3.61. The highest BCUT2D eigenvalue weighted by atomic mass is 32.1. The maximum Gasteiger partial charge on any atom is 0.159 e. The Bertz CT molecular complexity index is 2490. The van der Waals surface area contributed by atoms with Gasteiger partial charge >= 0.3 is 0 Å². The Kier molecular flexibility index (Phi) is 5.02. The molecule has 0 aliphatic rings. The molecule has 2 nitrogen and oxygen atoms in total. The van der Waals surface area contributed by atoms with E-state index in [2.05, 4.69) is 133 Å². The summed E-state index contributed by atoms with van der Waals surface area (Å²) in [6.07, 6.45) is 0. The molecule has 0 bridgehead atoms. The fourth-order valence-corrected chi connectivity index (χ4v) is 7.90. The van der Waals surface area contributed by atoms with Crippen molar-refractivity contribution < 1.29 is 4.42 Å². The number of anilines is 3. The van der Waals surface area contributed by atoms with Crippen LogP contribution in [0.5, 0.6) is 0 Å². The number of rotatable bonds is 3. The number of aryl methyl sites for hydroxylation is 1. The van der Waals surface area contributed by atoms with Crippen LogP contribution in [0.25, 0.3) is 63.7 Å². The second-order valence-electron chi connectivity index (χ2n) is 11.0. The molecule has 0 saturated heterocycles. The van der Waals surface area contributed by atoms with Crippen LogP contribution in [0.3, 0.4) is 0 Å². The molecule has 7 aromatic carbocycles. The van der Waals surface area contributed by atoms with Gasteiger partial charge in [-0.05, 0) is 59.5 Å². The standard InChI is InChI=1S/C39H25NOS/c1-24-18-20-31-33(22-24)27-12-5-6-14-29(27)37-32-21-19-26(23-36(32)42-39(31)37)40(25-10-3-2-4-11-25)34-16-9-15-30-28-13-7-8-17-35(28)41-38(30)34/h2-23H,1H3. The number of hydrogen-bond donors (Lipinski definition) is 0. The summed E-state index contributed by atoms with van der Waals surface area (Å²) in [6.45, 7) is 2.18. The highest BCUT2D eigenvalue weighted by molar-refractivity contribution is 7.27. The molecule has 0 aliphatic heterocycles. The minimum Gasteiger partial charge on any atom is -0.454 e. The van der Waals surface area contributed by atoms with E-state index in [4.69, 9.17) is 4.42 Å². The van der Waals surface area contributed by atoms with Gasteiger partial charge < -0.3 is 9.32 Å². The Morgan fingerprint density at radius 1 is 0.524 bits per heavy atom. The van der Waals surface area contributed by atoms with Crippen molar-refractivity contribution in [1.82, 2.24) is 0 Å². The van der Waals surface area contributed by atoms with E-state index in [1.165, 1.54) is 47.3 Å². The van der Waals surface area contributed by atoms with Crippen molar-refractivity contribution in [1.29, 1.82) is 0 Å². The summed E-state index contributed by atoms with van der Waals surface area (Å²) < 4.78 is 9.13. The van der Waals surface area contributed by atoms with Crippen LogP contribution in [0.4, 0.5) is 17.1 Å². The Morgan fingerprint density at radius 2 is 1.26 bits per heavy atom. The molecule has 2 aromatic heterocycles. The minimum absolute atomic E-state index is 0.895. The van der Waals surface area contributed by atoms with Crippen molar-refractivity contribution >= 4 is 92.1 Å². The third-order valence-corrected chi connectivity index (χ3v) is 9.66. The third kappa shape index (κ3) is 3.38. The number of thiophene rings is 1. The molecule has 9 rings (SSSR count). The molecule has 0 saturated carbocycles. The lowest BCUT2D eigenvalue weighted by molar-refractivity contribution is 0.669. The molecule has 0 fully saturated rings. The lowest BCUT2D eigenvalue weighted by Gasteiger charge is -2.25. The van der Waals surface area contributed by atoms with Crippen molar-refractivity contribution in [3.05, 3.63) is 139 Å². The highest BCUT2D eigenvalue weighted by Crippen LogP contribution is 2.47. The predicted octanol–water partition coefficient (Wildman–Crippen LogP) is 12.0. The van der Waals surface area contributed by atoms with Crippen LogP contribution in [-0.2, 0) is 0 Å². The maximum absolute atomic E-state index is 6.51. The van der Waals surface area contributed by atoms with E-state index < -0.39 is 0 Å². The van der Waals surface area contributed by atoms with Crippen LogP contribution < -0.4 is 4.90 Å². The van der Waals surface area contributed by atoms with Gasteiger partial charge in [-0.25, -0.2) is 0 Å². The van der Waals surface area contributed by atoms with Gasteiger partial charge in [0.2, 0.25) is 0 Å². The van der Waals surface area contributed by atoms with E-state index in [1.54, 1.807) is 0 Å². The highest BCUT2D eigenvalue weighted by Gasteiger charge is 2.21. The molecule has 3 heteroatoms. The van der Waals surface area contributed by atoms with Crippen molar-refractivity contribution in [2.75, 3.05) is 4.90 Å². The number of para-hydroxylation sites is 3. The van der Waals surface area contributed by atoms with Crippen molar-refractivity contribution in [2.24, 2.45) is 0 Å². The lowest BCUT2D eigenvalue weighted by Crippen LogP contribution is -2.09. The zero-order chi connectivity index (χ0) is 27.8. The summed E-state index contributed by atoms with van der Waals surface area (Å²) in [6, 6.07) is 48.0. The summed E-state index contributed by atoms with van der Waals surface area (Å²) in [4.78, 5) is 2.33. The van der Waals surface area contributed by atoms with E-state index in [9.17, 15) is 0 Å². The first-order chi connectivity index (χ1) is 20.7. The van der Waals surface area contributed by atoms with Gasteiger partial charge in [-0.2, -0.15) is 0 Å². The van der Waals surface area contributed by atoms with Gasteiger partial charge in [0, 0.05) is 47.7 Å². The number of benzene rings is 7. The molecule has 0 unspecified atom stereocenters. The van der Waals surface area contributed by atoms with Gasteiger partial charge in [-0.3, -0.25) is 0 Å². The number of fused-ring (bicyclic) bond motifs is 11. The first kappa shape index (κ1) is 23.6. The van der Waals surface area contributed by atoms with Crippen molar-refractivity contribution in [2.45, 2.75) is 6.92 Å². The molecule has 9 aromatic rings. The molecule has 0 spiro atoms. The molecule has 0 aliphatic carbocycles. The molecule has 2 heterocycles. The van der Waals surface area contributed by atoms with Crippen LogP contribution in [0.1, 0.15) is 5.56 Å². The minimum atomic E-state index is 0.895. The summed E-state index contributed by atoms with van der Waals surface area (Å²) in [5.74, 6) is 0. The van der Waals surface area contributed by atoms with E-state index in [0.29, 0.717) is 0 Å². The van der Waals surface area contributed by atoms with Gasteiger partial charge in [0.05, 0.1) is 5.69 Å². The summed E-state index contributed by atoms with van der Waals surface area (Å²) >= 11 is 1.89. The van der Waals surface area contributed by atoms with Crippen molar-refractivity contribution in [3.63, 3.8) is 0 Å². The van der Waals surface area contributed by atoms with E-state index >= 15 is 0 Å². The fraction of sp³-hybridized carbons (Fsp3) is 0.0256. The van der Waals surface area contributed by atoms with Gasteiger partial charge in [-0.1, -0.05) is 103 Å². The second-order valence-corrected chi connectivity index (χ2v) is 12.1. The van der Waals surface area contributed by atoms with Gasteiger partial charge in [-0.15, -0.1) is 11.3 Å². The lowest BCUT2D eigenvalue weighted by atomic mass is 9.96. The van der Waals surface area contributed by atoms with Gasteiger partial charge in [0.1, 0.15) is 5.58 Å². The Labute approximate surface area is 246 Å². The van der Waals surface area contributed by atoms with Gasteiger partial charge in [0.15, 0.2) is 5.58 Å². The molecule has 0 N–H and O–H groups in total. The van der Waals surface area contributed by atoms with E-state index in [0.717, 1.165) is 39.0 Å². The van der Waals surface area contributed by atoms with Crippen LogP contribution >= 0.6 is 11.3 Å². The topological polar surface area (TPSA) is 16.4 Å². The first-order valence-electron chi connectivity index (χ1n) is 14.3. The summed E-state index contributed by atoms with van der Waals surface area (Å²) in [5, 5.41) is 10.2. The Hall–Kier alpha value is -5.12. The predicted molar refractivity (Wildman–Crippen MR) is 181 cm³/mol. The number of hydrogen-bond acceptors (Lipinski definition) is 3. The number of nitrogens with zero attached hydrogens (tertiary/aromatic N) is 1. The average molecular weight is 556 g/mol. The number of furan rings is 1. The quantitative estimate of drug-likeness (QED) is 0.202. The Morgan fingerprint density at radius 3 is 2.14 bits per heavy atom. The van der Waals surface area contributed by atoms with E-state index in [-0.39, 0.29) is 0 Å². The molecule has 42 heavy (non-hydrogen) atoms. The van der Waals surface area contributed by atoms with Crippen LogP contribution in [-0.4, -0.2) is 0 Å². The molecule has 0 amide bonds. The van der Waals surface area contributed by atoms with Crippen LogP contribution in [0.2, 0.25) is 0 Å². The molecule has 0 atom stereocenters. The SMILES string of the molecule is Cc1ccc2c(c1)c1ccccc1c1c3ccc(N(c4ccccc4)c4cccc5c4oc4ccccc45)cc3sc21. The largest absolute Gasteiger partial charge is 0.454 e. The zero-order valence-electron chi connectivity index (χ0n) is 23.0. The fourth-order valence-electron chi connectivity index (χ4n) is 6.61. The normalized spacial score (nSPS) is 11.9. The summed E-state index contributed by atoms with van der Waals surface area (Å²) in [5.41, 5.74) is 6.32. The molecular formula is C39H25NOS. The van der Waals surface area contributed by atoms with Crippen LogP contribution in [0, 0.1) is 6.92 Å². The first-order valence-corrected chi connectivity index (χ1v) is 15.1. The zero-order valence-corrected chi connectivity index (χ0v) is 23.8. The van der Waals surface area contributed by atoms with E-state index in [1.807, 2.05) is 23.5 Å². The van der Waals surface area contributed by atoms with Crippen LogP contribution in [0.15, 0.2) is 138 Å². The summed E-state index contributed by atoms with van der Waals surface area (Å²) in [7, 11) is 0. The molecular weight excluding hydrogens is 531 g/mol.